The number of imidazole rings is 1. The number of halogens is 1. The number of hydrogen-bond acceptors (Lipinski definition) is 3. The predicted octanol–water partition coefficient (Wildman–Crippen LogP) is 2.90. The Hall–Kier alpha value is -2.21. The Morgan fingerprint density at radius 1 is 1.39 bits per heavy atom. The van der Waals surface area contributed by atoms with E-state index in [0.717, 1.165) is 0 Å². The van der Waals surface area contributed by atoms with Gasteiger partial charge in [0.15, 0.2) is 10.7 Å². The van der Waals surface area contributed by atoms with Gasteiger partial charge in [-0.15, -0.1) is 11.3 Å². The Labute approximate surface area is 105 Å². The van der Waals surface area contributed by atoms with E-state index in [9.17, 15) is 14.3 Å². The van der Waals surface area contributed by atoms with Crippen LogP contribution in [0.5, 0.6) is 0 Å². The number of aromatic carboxylic acids is 1. The van der Waals surface area contributed by atoms with Crippen LogP contribution in [0.1, 0.15) is 10.5 Å². The Kier molecular flexibility index (Phi) is 2.38. The lowest BCUT2D eigenvalue weighted by Gasteiger charge is -2.01. The van der Waals surface area contributed by atoms with Gasteiger partial charge in [0.25, 0.3) is 0 Å². The van der Waals surface area contributed by atoms with E-state index >= 15 is 0 Å². The van der Waals surface area contributed by atoms with E-state index in [1.165, 1.54) is 27.9 Å². The topological polar surface area (TPSA) is 54.6 Å². The van der Waals surface area contributed by atoms with Crippen molar-refractivity contribution < 1.29 is 14.3 Å². The molecule has 0 saturated heterocycles. The van der Waals surface area contributed by atoms with Gasteiger partial charge in [-0.2, -0.15) is 0 Å². The highest BCUT2D eigenvalue weighted by molar-refractivity contribution is 7.15. The number of hydrogen-bond donors (Lipinski definition) is 1. The molecule has 0 aliphatic carbocycles. The molecule has 0 aliphatic rings. The molecule has 0 aliphatic heterocycles. The minimum absolute atomic E-state index is 0.0173. The zero-order chi connectivity index (χ0) is 12.7. The number of aromatic nitrogens is 2. The molecule has 0 saturated carbocycles. The number of carbonyl (C=O) groups is 1. The second-order valence-corrected chi connectivity index (χ2v) is 4.52. The maximum absolute atomic E-state index is 13.7. The molecule has 0 radical (unpaired) electrons. The molecule has 3 aromatic rings. The van der Waals surface area contributed by atoms with Gasteiger partial charge in [0.1, 0.15) is 11.5 Å². The van der Waals surface area contributed by atoms with E-state index in [4.69, 9.17) is 0 Å². The summed E-state index contributed by atoms with van der Waals surface area (Å²) in [5.41, 5.74) is 0.342. The monoisotopic (exact) mass is 262 g/mol. The lowest BCUT2D eigenvalue weighted by atomic mass is 10.1. The molecule has 0 fully saturated rings. The molecule has 0 spiro atoms. The summed E-state index contributed by atoms with van der Waals surface area (Å²) in [6.45, 7) is 0. The highest BCUT2D eigenvalue weighted by atomic mass is 32.1. The molecule has 0 atom stereocenters. The van der Waals surface area contributed by atoms with Crippen LogP contribution in [0.15, 0.2) is 35.8 Å². The van der Waals surface area contributed by atoms with E-state index in [0.29, 0.717) is 4.96 Å². The van der Waals surface area contributed by atoms with E-state index in [-0.39, 0.29) is 17.0 Å². The zero-order valence-corrected chi connectivity index (χ0v) is 9.82. The summed E-state index contributed by atoms with van der Waals surface area (Å²) in [6, 6.07) is 6.01. The van der Waals surface area contributed by atoms with E-state index < -0.39 is 11.8 Å². The number of carboxylic acids is 1. The zero-order valence-electron chi connectivity index (χ0n) is 9.00. The van der Waals surface area contributed by atoms with E-state index in [1.54, 1.807) is 23.7 Å². The summed E-state index contributed by atoms with van der Waals surface area (Å²) < 4.78 is 15.2. The number of rotatable bonds is 2. The first-order chi connectivity index (χ1) is 8.68. The number of thiazole rings is 1. The molecule has 1 N–H and O–H groups in total. The summed E-state index contributed by atoms with van der Waals surface area (Å²) in [5, 5.41) is 11.0. The smallest absolute Gasteiger partial charge is 0.355 e. The minimum Gasteiger partial charge on any atom is -0.476 e. The van der Waals surface area contributed by atoms with Gasteiger partial charge >= 0.3 is 5.97 Å². The van der Waals surface area contributed by atoms with Gasteiger partial charge in [0, 0.05) is 17.1 Å². The Morgan fingerprint density at radius 2 is 2.17 bits per heavy atom. The first-order valence-electron chi connectivity index (χ1n) is 5.12. The first-order valence-corrected chi connectivity index (χ1v) is 6.00. The molecule has 2 aromatic heterocycles. The van der Waals surface area contributed by atoms with Crippen molar-refractivity contribution in [2.75, 3.05) is 0 Å². The van der Waals surface area contributed by atoms with Gasteiger partial charge in [-0.3, -0.25) is 4.40 Å². The molecule has 2 heterocycles. The largest absolute Gasteiger partial charge is 0.476 e. The van der Waals surface area contributed by atoms with E-state index in [1.807, 2.05) is 0 Å². The molecule has 3 rings (SSSR count). The fourth-order valence-corrected chi connectivity index (χ4v) is 2.55. The molecular formula is C12H7FN2O2S. The lowest BCUT2D eigenvalue weighted by Crippen LogP contribution is -2.03. The second kappa shape index (κ2) is 3.92. The number of nitrogens with zero attached hydrogens (tertiary/aromatic N) is 2. The van der Waals surface area contributed by atoms with Crippen molar-refractivity contribution in [1.29, 1.82) is 0 Å². The van der Waals surface area contributed by atoms with Gasteiger partial charge in [0.2, 0.25) is 0 Å². The summed E-state index contributed by atoms with van der Waals surface area (Å²) in [5.74, 6) is -1.61. The van der Waals surface area contributed by atoms with Crippen molar-refractivity contribution in [2.45, 2.75) is 0 Å². The van der Waals surface area contributed by atoms with Gasteiger partial charge in [0.05, 0.1) is 0 Å². The van der Waals surface area contributed by atoms with Gasteiger partial charge in [-0.05, 0) is 12.1 Å². The number of fused-ring (bicyclic) bond motifs is 1. The lowest BCUT2D eigenvalue weighted by molar-refractivity contribution is 0.0690. The third-order valence-electron chi connectivity index (χ3n) is 2.59. The third-order valence-corrected chi connectivity index (χ3v) is 3.35. The Morgan fingerprint density at radius 3 is 2.89 bits per heavy atom. The molecule has 0 unspecified atom stereocenters. The molecule has 18 heavy (non-hydrogen) atoms. The summed E-state index contributed by atoms with van der Waals surface area (Å²) in [7, 11) is 0. The Bertz CT molecular complexity index is 747. The van der Waals surface area contributed by atoms with Crippen LogP contribution in [-0.2, 0) is 0 Å². The predicted molar refractivity (Wildman–Crippen MR) is 65.4 cm³/mol. The Balaban J connectivity index is 2.35. The molecule has 0 amide bonds. The van der Waals surface area contributed by atoms with Crippen LogP contribution < -0.4 is 0 Å². The quantitative estimate of drug-likeness (QED) is 0.772. The molecule has 4 nitrogen and oxygen atoms in total. The highest BCUT2D eigenvalue weighted by Gasteiger charge is 2.22. The van der Waals surface area contributed by atoms with Gasteiger partial charge < -0.3 is 5.11 Å². The summed E-state index contributed by atoms with van der Waals surface area (Å²) in [6.07, 6.45) is 1.61. The SMILES string of the molecule is O=C(O)c1c(-c2ccccc2F)nc2sccn12. The fraction of sp³-hybridized carbons (Fsp3) is 0. The van der Waals surface area contributed by atoms with E-state index in [2.05, 4.69) is 4.98 Å². The van der Waals surface area contributed by atoms with Crippen LogP contribution in [0.2, 0.25) is 0 Å². The van der Waals surface area contributed by atoms with Crippen molar-refractivity contribution in [3.05, 3.63) is 47.4 Å². The second-order valence-electron chi connectivity index (χ2n) is 3.65. The van der Waals surface area contributed by atoms with Crippen LogP contribution in [0.25, 0.3) is 16.2 Å². The van der Waals surface area contributed by atoms with Gasteiger partial charge in [-0.1, -0.05) is 12.1 Å². The van der Waals surface area contributed by atoms with Crippen molar-refractivity contribution in [3.63, 3.8) is 0 Å². The first kappa shape index (κ1) is 10.9. The molecule has 0 bridgehead atoms. The molecular weight excluding hydrogens is 255 g/mol. The molecule has 1 aromatic carbocycles. The molecule has 90 valence electrons. The maximum Gasteiger partial charge on any atom is 0.355 e. The highest BCUT2D eigenvalue weighted by Crippen LogP contribution is 2.28. The number of benzene rings is 1. The van der Waals surface area contributed by atoms with Crippen molar-refractivity contribution in [2.24, 2.45) is 0 Å². The van der Waals surface area contributed by atoms with Crippen molar-refractivity contribution in [1.82, 2.24) is 9.38 Å². The van der Waals surface area contributed by atoms with Crippen LogP contribution in [0.3, 0.4) is 0 Å². The number of carboxylic acid groups (broad SMARTS) is 1. The average molecular weight is 262 g/mol. The molecule has 6 heteroatoms. The van der Waals surface area contributed by atoms with Crippen LogP contribution in [0, 0.1) is 5.82 Å². The van der Waals surface area contributed by atoms with Gasteiger partial charge in [-0.25, -0.2) is 14.2 Å². The standard InChI is InChI=1S/C12H7FN2O2S/c13-8-4-2-1-3-7(8)9-10(11(16)17)15-5-6-18-12(15)14-9/h1-6H,(H,16,17). The minimum atomic E-state index is -1.13. The summed E-state index contributed by atoms with van der Waals surface area (Å²) >= 11 is 1.31. The van der Waals surface area contributed by atoms with Crippen molar-refractivity contribution >= 4 is 22.3 Å². The third kappa shape index (κ3) is 1.50. The van der Waals surface area contributed by atoms with Crippen LogP contribution >= 0.6 is 11.3 Å². The normalized spacial score (nSPS) is 10.9. The maximum atomic E-state index is 13.7. The van der Waals surface area contributed by atoms with Crippen molar-refractivity contribution in [3.8, 4) is 11.3 Å². The summed E-state index contributed by atoms with van der Waals surface area (Å²) in [4.78, 5) is 16.0. The average Bonchev–Trinajstić information content (AvgIpc) is 2.88. The fourth-order valence-electron chi connectivity index (χ4n) is 1.83. The van der Waals surface area contributed by atoms with Crippen LogP contribution in [-0.4, -0.2) is 20.5 Å². The van der Waals surface area contributed by atoms with Crippen LogP contribution in [0.4, 0.5) is 4.39 Å².